The Morgan fingerprint density at radius 3 is 3.05 bits per heavy atom. The maximum atomic E-state index is 9.83. The number of phenols is 1. The Morgan fingerprint density at radius 2 is 2.16 bits per heavy atom. The lowest BCUT2D eigenvalue weighted by atomic mass is 10.2. The molecule has 0 amide bonds. The van der Waals surface area contributed by atoms with E-state index >= 15 is 0 Å². The first-order valence-corrected chi connectivity index (χ1v) is 7.03. The molecule has 0 spiro atoms. The molecule has 0 fully saturated rings. The van der Waals surface area contributed by atoms with Crippen LogP contribution >= 0.6 is 22.9 Å². The van der Waals surface area contributed by atoms with Gasteiger partial charge in [-0.15, -0.1) is 11.3 Å². The first kappa shape index (κ1) is 12.3. The third kappa shape index (κ3) is 2.50. The van der Waals surface area contributed by atoms with Gasteiger partial charge in [0.05, 0.1) is 20.7 Å². The highest BCUT2D eigenvalue weighted by Crippen LogP contribution is 2.28. The number of fused-ring (bicyclic) bond motifs is 1. The average molecular weight is 291 g/mol. The lowest BCUT2D eigenvalue weighted by molar-refractivity contribution is 0.469. The van der Waals surface area contributed by atoms with Gasteiger partial charge in [0.15, 0.2) is 0 Å². The van der Waals surface area contributed by atoms with E-state index in [0.29, 0.717) is 11.6 Å². The Hall–Kier alpha value is -1.78. The molecule has 0 aliphatic rings. The van der Waals surface area contributed by atoms with E-state index in [9.17, 15) is 5.11 Å². The molecule has 1 aromatic heterocycles. The topological polar surface area (TPSA) is 45.1 Å². The summed E-state index contributed by atoms with van der Waals surface area (Å²) in [5.41, 5.74) is 4.60. The summed E-state index contributed by atoms with van der Waals surface area (Å²) in [6.45, 7) is 0.525. The molecule has 1 heterocycles. The minimum absolute atomic E-state index is 0.135. The number of nitrogens with one attached hydrogen (secondary N) is 1. The molecule has 5 heteroatoms. The smallest absolute Gasteiger partial charge is 0.139 e. The molecule has 96 valence electrons. The zero-order chi connectivity index (χ0) is 13.2. The highest BCUT2D eigenvalue weighted by Gasteiger charge is 2.05. The second-order valence-corrected chi connectivity index (χ2v) is 5.43. The molecular weight excluding hydrogens is 280 g/mol. The first-order valence-electron chi connectivity index (χ1n) is 5.77. The number of anilines is 1. The fourth-order valence-electron chi connectivity index (χ4n) is 1.86. The molecule has 0 radical (unpaired) electrons. The number of phenolic OH excluding ortho intramolecular Hbond substituents is 1. The zero-order valence-corrected chi connectivity index (χ0v) is 11.5. The van der Waals surface area contributed by atoms with Crippen LogP contribution in [0.2, 0.25) is 5.02 Å². The maximum absolute atomic E-state index is 9.83. The Bertz CT molecular complexity index is 726. The van der Waals surface area contributed by atoms with Crippen molar-refractivity contribution in [2.75, 3.05) is 5.32 Å². The van der Waals surface area contributed by atoms with Crippen molar-refractivity contribution in [3.63, 3.8) is 0 Å². The Morgan fingerprint density at radius 1 is 1.26 bits per heavy atom. The molecule has 2 aromatic carbocycles. The fraction of sp³-hybridized carbons (Fsp3) is 0.0714. The van der Waals surface area contributed by atoms with E-state index in [-0.39, 0.29) is 5.75 Å². The van der Waals surface area contributed by atoms with Crippen LogP contribution in [0.5, 0.6) is 5.75 Å². The molecule has 0 atom stereocenters. The second-order valence-electron chi connectivity index (χ2n) is 4.14. The van der Waals surface area contributed by atoms with Crippen LogP contribution in [-0.2, 0) is 6.54 Å². The van der Waals surface area contributed by atoms with Crippen LogP contribution in [0.1, 0.15) is 5.56 Å². The van der Waals surface area contributed by atoms with Gasteiger partial charge in [0.1, 0.15) is 5.75 Å². The van der Waals surface area contributed by atoms with Crippen molar-refractivity contribution in [3.8, 4) is 5.75 Å². The minimum atomic E-state index is 0.135. The van der Waals surface area contributed by atoms with Gasteiger partial charge in [0.25, 0.3) is 0 Å². The standard InChI is InChI=1S/C14H11ClN2OS/c15-11-3-1-2-9(14(11)18)7-16-10-4-5-12-13(6-10)19-8-17-12/h1-6,8,16,18H,7H2. The molecule has 0 aliphatic carbocycles. The summed E-state index contributed by atoms with van der Waals surface area (Å²) in [5.74, 6) is 0.135. The maximum Gasteiger partial charge on any atom is 0.139 e. The Labute approximate surface area is 119 Å². The van der Waals surface area contributed by atoms with Gasteiger partial charge in [-0.1, -0.05) is 23.7 Å². The predicted molar refractivity (Wildman–Crippen MR) is 80.1 cm³/mol. The molecule has 3 nitrogen and oxygen atoms in total. The van der Waals surface area contributed by atoms with Gasteiger partial charge in [-0.3, -0.25) is 0 Å². The molecule has 0 unspecified atom stereocenters. The molecule has 0 saturated carbocycles. The van der Waals surface area contributed by atoms with Crippen molar-refractivity contribution in [1.29, 1.82) is 0 Å². The number of benzene rings is 2. The van der Waals surface area contributed by atoms with Gasteiger partial charge >= 0.3 is 0 Å². The van der Waals surface area contributed by atoms with E-state index in [1.165, 1.54) is 0 Å². The van der Waals surface area contributed by atoms with E-state index in [4.69, 9.17) is 11.6 Å². The number of para-hydroxylation sites is 1. The molecule has 0 saturated heterocycles. The molecule has 3 rings (SSSR count). The fourth-order valence-corrected chi connectivity index (χ4v) is 2.78. The number of hydrogen-bond acceptors (Lipinski definition) is 4. The van der Waals surface area contributed by atoms with E-state index in [0.717, 1.165) is 21.5 Å². The van der Waals surface area contributed by atoms with Crippen molar-refractivity contribution in [2.45, 2.75) is 6.54 Å². The number of aromatic nitrogens is 1. The zero-order valence-electron chi connectivity index (χ0n) is 9.93. The van der Waals surface area contributed by atoms with Crippen LogP contribution in [0.3, 0.4) is 0 Å². The highest BCUT2D eigenvalue weighted by atomic mass is 35.5. The van der Waals surface area contributed by atoms with Crippen molar-refractivity contribution >= 4 is 38.8 Å². The number of aromatic hydroxyl groups is 1. The van der Waals surface area contributed by atoms with Crippen LogP contribution in [-0.4, -0.2) is 10.1 Å². The summed E-state index contributed by atoms with van der Waals surface area (Å²) >= 11 is 7.48. The third-order valence-electron chi connectivity index (χ3n) is 2.88. The SMILES string of the molecule is Oc1c(Cl)cccc1CNc1ccc2ncsc2c1. The molecular formula is C14H11ClN2OS. The third-order valence-corrected chi connectivity index (χ3v) is 3.98. The highest BCUT2D eigenvalue weighted by molar-refractivity contribution is 7.16. The number of hydrogen-bond donors (Lipinski definition) is 2. The van der Waals surface area contributed by atoms with E-state index in [1.807, 2.05) is 29.8 Å². The summed E-state index contributed by atoms with van der Waals surface area (Å²) < 4.78 is 1.14. The Kier molecular flexibility index (Phi) is 3.27. The van der Waals surface area contributed by atoms with Gasteiger partial charge in [-0.05, 0) is 24.3 Å². The number of halogens is 1. The lowest BCUT2D eigenvalue weighted by Crippen LogP contribution is -1.99. The summed E-state index contributed by atoms with van der Waals surface area (Å²) in [6.07, 6.45) is 0. The molecule has 0 aliphatic heterocycles. The van der Waals surface area contributed by atoms with E-state index < -0.39 is 0 Å². The average Bonchev–Trinajstić information content (AvgIpc) is 2.88. The number of thiazole rings is 1. The van der Waals surface area contributed by atoms with Crippen molar-refractivity contribution < 1.29 is 5.11 Å². The number of rotatable bonds is 3. The van der Waals surface area contributed by atoms with Crippen LogP contribution in [0, 0.1) is 0 Å². The van der Waals surface area contributed by atoms with Crippen molar-refractivity contribution in [2.24, 2.45) is 0 Å². The second kappa shape index (κ2) is 5.07. The summed E-state index contributed by atoms with van der Waals surface area (Å²) in [5, 5.41) is 13.5. The van der Waals surface area contributed by atoms with Crippen LogP contribution in [0.25, 0.3) is 10.2 Å². The molecule has 0 bridgehead atoms. The molecule has 19 heavy (non-hydrogen) atoms. The first-order chi connectivity index (χ1) is 9.24. The largest absolute Gasteiger partial charge is 0.506 e. The lowest BCUT2D eigenvalue weighted by Gasteiger charge is -2.09. The van der Waals surface area contributed by atoms with E-state index in [2.05, 4.69) is 16.4 Å². The van der Waals surface area contributed by atoms with Gasteiger partial charge < -0.3 is 10.4 Å². The quantitative estimate of drug-likeness (QED) is 0.757. The van der Waals surface area contributed by atoms with Crippen LogP contribution in [0.15, 0.2) is 41.9 Å². The summed E-state index contributed by atoms with van der Waals surface area (Å²) in [6, 6.07) is 11.3. The Balaban J connectivity index is 1.80. The van der Waals surface area contributed by atoms with Gasteiger partial charge in [-0.25, -0.2) is 4.98 Å². The summed E-state index contributed by atoms with van der Waals surface area (Å²) in [4.78, 5) is 4.24. The number of nitrogens with zero attached hydrogens (tertiary/aromatic N) is 1. The minimum Gasteiger partial charge on any atom is -0.506 e. The van der Waals surface area contributed by atoms with Gasteiger partial charge in [-0.2, -0.15) is 0 Å². The predicted octanol–water partition coefficient (Wildman–Crippen LogP) is 4.27. The van der Waals surface area contributed by atoms with E-state index in [1.54, 1.807) is 17.4 Å². The van der Waals surface area contributed by atoms with Gasteiger partial charge in [0, 0.05) is 17.8 Å². The van der Waals surface area contributed by atoms with Crippen LogP contribution in [0.4, 0.5) is 5.69 Å². The molecule has 3 aromatic rings. The van der Waals surface area contributed by atoms with Crippen molar-refractivity contribution in [1.82, 2.24) is 4.98 Å². The van der Waals surface area contributed by atoms with Crippen molar-refractivity contribution in [3.05, 3.63) is 52.5 Å². The molecule has 2 N–H and O–H groups in total. The van der Waals surface area contributed by atoms with Gasteiger partial charge in [0.2, 0.25) is 0 Å². The normalized spacial score (nSPS) is 10.8. The summed E-state index contributed by atoms with van der Waals surface area (Å²) in [7, 11) is 0. The van der Waals surface area contributed by atoms with Crippen LogP contribution < -0.4 is 5.32 Å². The monoisotopic (exact) mass is 290 g/mol.